The fraction of sp³-hybridized carbons (Fsp3) is 0.733. The van der Waals surface area contributed by atoms with Gasteiger partial charge in [-0.15, -0.1) is 0 Å². The smallest absolute Gasteiger partial charge is 0.160 e. The molecule has 2 aliphatic rings. The lowest BCUT2D eigenvalue weighted by Crippen LogP contribution is -2.35. The van der Waals surface area contributed by atoms with Crippen LogP contribution < -0.4 is 5.32 Å². The van der Waals surface area contributed by atoms with Gasteiger partial charge in [-0.3, -0.25) is 0 Å². The summed E-state index contributed by atoms with van der Waals surface area (Å²) in [5.41, 5.74) is 3.42. The van der Waals surface area contributed by atoms with E-state index in [1.165, 1.54) is 30.5 Å². The van der Waals surface area contributed by atoms with Crippen molar-refractivity contribution in [2.45, 2.75) is 57.6 Å². The first-order valence-electron chi connectivity index (χ1n) is 7.38. The third-order valence-corrected chi connectivity index (χ3v) is 4.60. The lowest BCUT2D eigenvalue weighted by Gasteiger charge is -2.35. The number of aromatic nitrogens is 2. The zero-order chi connectivity index (χ0) is 13.3. The Morgan fingerprint density at radius 3 is 2.68 bits per heavy atom. The molecule has 0 unspecified atom stereocenters. The van der Waals surface area contributed by atoms with E-state index in [-0.39, 0.29) is 5.60 Å². The number of hydrogen-bond acceptors (Lipinski definition) is 4. The second-order valence-electron chi connectivity index (χ2n) is 5.74. The molecule has 0 spiro atoms. The predicted octanol–water partition coefficient (Wildman–Crippen LogP) is 2.24. The van der Waals surface area contributed by atoms with Crippen molar-refractivity contribution in [1.29, 1.82) is 0 Å². The Balaban J connectivity index is 2.02. The monoisotopic (exact) mass is 261 g/mol. The van der Waals surface area contributed by atoms with Crippen LogP contribution >= 0.6 is 0 Å². The molecule has 1 saturated carbocycles. The number of ether oxygens (including phenoxy) is 1. The third-order valence-electron chi connectivity index (χ3n) is 4.60. The maximum Gasteiger partial charge on any atom is 0.160 e. The Labute approximate surface area is 115 Å². The van der Waals surface area contributed by atoms with E-state index >= 15 is 0 Å². The highest BCUT2D eigenvalue weighted by Gasteiger charge is 2.37. The average Bonchev–Trinajstić information content (AvgIpc) is 2.48. The van der Waals surface area contributed by atoms with Gasteiger partial charge in [-0.1, -0.05) is 19.3 Å². The number of hydrogen-bond donors (Lipinski definition) is 1. The van der Waals surface area contributed by atoms with Crippen molar-refractivity contribution < 1.29 is 4.74 Å². The summed E-state index contributed by atoms with van der Waals surface area (Å²) in [6.45, 7) is 4.01. The first kappa shape index (κ1) is 13.0. The second-order valence-corrected chi connectivity index (χ2v) is 5.74. The van der Waals surface area contributed by atoms with Crippen LogP contribution in [-0.2, 0) is 23.3 Å². The standard InChI is InChI=1S/C15H23N3O/c1-11-12-6-9-16-10-13(12)18-14(17-11)15(19-2)7-4-3-5-8-15/h16H,3-10H2,1-2H3. The van der Waals surface area contributed by atoms with Crippen LogP contribution in [0.1, 0.15) is 54.9 Å². The maximum absolute atomic E-state index is 5.87. The third kappa shape index (κ3) is 2.28. The van der Waals surface area contributed by atoms with Crippen LogP contribution in [0.2, 0.25) is 0 Å². The Morgan fingerprint density at radius 2 is 1.95 bits per heavy atom. The van der Waals surface area contributed by atoms with Crippen molar-refractivity contribution in [2.24, 2.45) is 0 Å². The average molecular weight is 261 g/mol. The zero-order valence-electron chi connectivity index (χ0n) is 12.0. The van der Waals surface area contributed by atoms with Crippen molar-refractivity contribution >= 4 is 0 Å². The summed E-state index contributed by atoms with van der Waals surface area (Å²) in [4.78, 5) is 9.63. The summed E-state index contributed by atoms with van der Waals surface area (Å²) < 4.78 is 5.87. The van der Waals surface area contributed by atoms with Gasteiger partial charge in [0.15, 0.2) is 5.82 Å². The van der Waals surface area contributed by atoms with E-state index in [1.807, 2.05) is 7.11 Å². The first-order valence-corrected chi connectivity index (χ1v) is 7.38. The minimum Gasteiger partial charge on any atom is -0.370 e. The molecular weight excluding hydrogens is 238 g/mol. The SMILES string of the molecule is COC1(c2nc(C)c3c(n2)CNCC3)CCCCC1. The maximum atomic E-state index is 5.87. The summed E-state index contributed by atoms with van der Waals surface area (Å²) in [5.74, 6) is 0.912. The van der Waals surface area contributed by atoms with E-state index in [1.54, 1.807) is 0 Å². The van der Waals surface area contributed by atoms with Crippen LogP contribution in [0.3, 0.4) is 0 Å². The van der Waals surface area contributed by atoms with Crippen molar-refractivity contribution in [2.75, 3.05) is 13.7 Å². The summed E-state index contributed by atoms with van der Waals surface area (Å²) in [6, 6.07) is 0. The van der Waals surface area contributed by atoms with Gasteiger partial charge in [0, 0.05) is 19.3 Å². The minimum atomic E-state index is -0.241. The molecule has 1 N–H and O–H groups in total. The van der Waals surface area contributed by atoms with Gasteiger partial charge in [-0.25, -0.2) is 9.97 Å². The Hall–Kier alpha value is -1.00. The van der Waals surface area contributed by atoms with Crippen molar-refractivity contribution in [3.05, 3.63) is 22.8 Å². The van der Waals surface area contributed by atoms with Crippen molar-refractivity contribution in [1.82, 2.24) is 15.3 Å². The molecule has 3 rings (SSSR count). The zero-order valence-corrected chi connectivity index (χ0v) is 12.0. The lowest BCUT2D eigenvalue weighted by molar-refractivity contribution is -0.0518. The number of methoxy groups -OCH3 is 1. The minimum absolute atomic E-state index is 0.241. The molecule has 0 saturated heterocycles. The van der Waals surface area contributed by atoms with Gasteiger partial charge in [-0.2, -0.15) is 0 Å². The van der Waals surface area contributed by atoms with Gasteiger partial charge >= 0.3 is 0 Å². The largest absolute Gasteiger partial charge is 0.370 e. The number of aryl methyl sites for hydroxylation is 1. The molecule has 0 aromatic carbocycles. The first-order chi connectivity index (χ1) is 9.25. The Bertz CT molecular complexity index is 467. The van der Waals surface area contributed by atoms with Gasteiger partial charge in [0.05, 0.1) is 5.69 Å². The number of nitrogens with one attached hydrogen (secondary N) is 1. The van der Waals surface area contributed by atoms with Crippen LogP contribution in [0.15, 0.2) is 0 Å². The van der Waals surface area contributed by atoms with Crippen molar-refractivity contribution in [3.8, 4) is 0 Å². The van der Waals surface area contributed by atoms with Crippen LogP contribution in [0.5, 0.6) is 0 Å². The summed E-state index contributed by atoms with van der Waals surface area (Å²) in [7, 11) is 1.81. The van der Waals surface area contributed by atoms with E-state index in [0.29, 0.717) is 0 Å². The molecule has 0 atom stereocenters. The van der Waals surface area contributed by atoms with Crippen LogP contribution in [0.4, 0.5) is 0 Å². The Kier molecular flexibility index (Phi) is 3.54. The van der Waals surface area contributed by atoms with Gasteiger partial charge in [-0.05, 0) is 38.3 Å². The highest BCUT2D eigenvalue weighted by Crippen LogP contribution is 2.38. The molecule has 1 aliphatic heterocycles. The summed E-state index contributed by atoms with van der Waals surface area (Å²) >= 11 is 0. The topological polar surface area (TPSA) is 47.0 Å². The molecule has 0 radical (unpaired) electrons. The molecular formula is C15H23N3O. The molecule has 1 aromatic heterocycles. The van der Waals surface area contributed by atoms with Gasteiger partial charge < -0.3 is 10.1 Å². The van der Waals surface area contributed by atoms with Crippen molar-refractivity contribution in [3.63, 3.8) is 0 Å². The highest BCUT2D eigenvalue weighted by atomic mass is 16.5. The summed E-state index contributed by atoms with van der Waals surface area (Å²) in [5, 5.41) is 3.40. The number of rotatable bonds is 2. The lowest BCUT2D eigenvalue weighted by atomic mass is 9.83. The quantitative estimate of drug-likeness (QED) is 0.887. The molecule has 1 fully saturated rings. The van der Waals surface area contributed by atoms with Crippen LogP contribution in [0, 0.1) is 6.92 Å². The molecule has 4 heteroatoms. The molecule has 0 bridgehead atoms. The normalized spacial score (nSPS) is 22.0. The fourth-order valence-corrected chi connectivity index (χ4v) is 3.39. The van der Waals surface area contributed by atoms with Gasteiger partial charge in [0.2, 0.25) is 0 Å². The molecule has 4 nitrogen and oxygen atoms in total. The van der Waals surface area contributed by atoms with E-state index in [9.17, 15) is 0 Å². The van der Waals surface area contributed by atoms with E-state index in [0.717, 1.165) is 43.9 Å². The van der Waals surface area contributed by atoms with Gasteiger partial charge in [0.1, 0.15) is 5.60 Å². The molecule has 104 valence electrons. The number of fused-ring (bicyclic) bond motifs is 1. The summed E-state index contributed by atoms with van der Waals surface area (Å²) in [6.07, 6.45) is 6.87. The fourth-order valence-electron chi connectivity index (χ4n) is 3.39. The van der Waals surface area contributed by atoms with E-state index in [2.05, 4.69) is 12.2 Å². The van der Waals surface area contributed by atoms with E-state index < -0.39 is 0 Å². The molecule has 19 heavy (non-hydrogen) atoms. The molecule has 0 amide bonds. The van der Waals surface area contributed by atoms with Crippen LogP contribution in [0.25, 0.3) is 0 Å². The molecule has 2 heterocycles. The molecule has 1 aliphatic carbocycles. The molecule has 1 aromatic rings. The predicted molar refractivity (Wildman–Crippen MR) is 74.0 cm³/mol. The second kappa shape index (κ2) is 5.17. The van der Waals surface area contributed by atoms with E-state index in [4.69, 9.17) is 14.7 Å². The Morgan fingerprint density at radius 1 is 1.16 bits per heavy atom. The van der Waals surface area contributed by atoms with Gasteiger partial charge in [0.25, 0.3) is 0 Å². The number of nitrogens with zero attached hydrogens (tertiary/aromatic N) is 2. The highest BCUT2D eigenvalue weighted by molar-refractivity contribution is 5.28. The van der Waals surface area contributed by atoms with Crippen LogP contribution in [-0.4, -0.2) is 23.6 Å².